The molecule has 2 aromatic rings. The predicted octanol–water partition coefficient (Wildman–Crippen LogP) is 2.59. The molecule has 0 aromatic heterocycles. The molecule has 0 atom stereocenters. The maximum Gasteiger partial charge on any atom is 0.255 e. The molecular formula is C17H14FNO3. The van der Waals surface area contributed by atoms with Gasteiger partial charge in [-0.3, -0.25) is 9.59 Å². The molecule has 0 aliphatic rings. The molecule has 2 rings (SSSR count). The average Bonchev–Trinajstić information content (AvgIpc) is 2.52. The number of halogens is 1. The molecular weight excluding hydrogens is 285 g/mol. The topological polar surface area (TPSA) is 69.4 Å². The number of primary amides is 1. The van der Waals surface area contributed by atoms with Gasteiger partial charge in [-0.1, -0.05) is 30.3 Å². The van der Waals surface area contributed by atoms with Gasteiger partial charge in [0.05, 0.1) is 5.56 Å². The fourth-order valence-electron chi connectivity index (χ4n) is 1.78. The largest absolute Gasteiger partial charge is 0.483 e. The molecule has 5 heteroatoms. The fraction of sp³-hybridized carbons (Fsp3) is 0.0588. The average molecular weight is 299 g/mol. The van der Waals surface area contributed by atoms with Gasteiger partial charge >= 0.3 is 0 Å². The Kier molecular flexibility index (Phi) is 5.03. The number of ether oxygens (including phenoxy) is 1. The molecule has 0 spiro atoms. The quantitative estimate of drug-likeness (QED) is 0.658. The first-order valence-corrected chi connectivity index (χ1v) is 6.54. The van der Waals surface area contributed by atoms with E-state index < -0.39 is 5.91 Å². The summed E-state index contributed by atoms with van der Waals surface area (Å²) in [5.74, 6) is -0.961. The Balaban J connectivity index is 2.15. The molecule has 0 aliphatic carbocycles. The van der Waals surface area contributed by atoms with Gasteiger partial charge < -0.3 is 10.5 Å². The van der Waals surface area contributed by atoms with Crippen molar-refractivity contribution in [3.05, 3.63) is 71.6 Å². The number of hydrogen-bond donors (Lipinski definition) is 1. The Hall–Kier alpha value is -2.95. The highest BCUT2D eigenvalue weighted by molar-refractivity contribution is 6.08. The minimum absolute atomic E-state index is 0.287. The van der Waals surface area contributed by atoms with Crippen LogP contribution in [0.15, 0.2) is 54.6 Å². The van der Waals surface area contributed by atoms with Crippen LogP contribution in [0.4, 0.5) is 4.39 Å². The van der Waals surface area contributed by atoms with E-state index >= 15 is 0 Å². The Morgan fingerprint density at radius 2 is 1.77 bits per heavy atom. The van der Waals surface area contributed by atoms with Crippen LogP contribution < -0.4 is 10.5 Å². The molecule has 2 N–H and O–H groups in total. The zero-order valence-corrected chi connectivity index (χ0v) is 11.7. The maximum atomic E-state index is 12.8. The second-order valence-electron chi connectivity index (χ2n) is 4.50. The molecule has 0 unspecified atom stereocenters. The van der Waals surface area contributed by atoms with Crippen LogP contribution in [0, 0.1) is 5.82 Å². The summed E-state index contributed by atoms with van der Waals surface area (Å²) in [5, 5.41) is 0. The van der Waals surface area contributed by atoms with Crippen molar-refractivity contribution in [3.63, 3.8) is 0 Å². The molecule has 112 valence electrons. The molecule has 4 nitrogen and oxygen atoms in total. The molecule has 22 heavy (non-hydrogen) atoms. The normalized spacial score (nSPS) is 10.6. The second kappa shape index (κ2) is 7.17. The van der Waals surface area contributed by atoms with Gasteiger partial charge in [-0.05, 0) is 35.9 Å². The van der Waals surface area contributed by atoms with E-state index in [1.165, 1.54) is 18.2 Å². The summed E-state index contributed by atoms with van der Waals surface area (Å²) in [5.41, 5.74) is 6.04. The zero-order chi connectivity index (χ0) is 15.9. The molecule has 1 amide bonds. The monoisotopic (exact) mass is 299 g/mol. The Bertz CT molecular complexity index is 708. The van der Waals surface area contributed by atoms with E-state index in [1.54, 1.807) is 42.5 Å². The summed E-state index contributed by atoms with van der Waals surface area (Å²) < 4.78 is 18.0. The standard InChI is InChI=1S/C17H14FNO3/c18-13-8-5-12(6-9-13)7-10-15(20)14-3-1-2-4-16(14)22-11-17(19)21/h1-10H,11H2,(H2,19,21)/b10-7+. The van der Waals surface area contributed by atoms with Crippen LogP contribution in [-0.2, 0) is 4.79 Å². The van der Waals surface area contributed by atoms with Crippen molar-refractivity contribution in [3.8, 4) is 5.75 Å². The minimum Gasteiger partial charge on any atom is -0.483 e. The lowest BCUT2D eigenvalue weighted by molar-refractivity contribution is -0.119. The van der Waals surface area contributed by atoms with Crippen LogP contribution in [0.3, 0.4) is 0 Å². The number of hydrogen-bond acceptors (Lipinski definition) is 3. The first-order chi connectivity index (χ1) is 10.6. The van der Waals surface area contributed by atoms with E-state index in [2.05, 4.69) is 0 Å². The van der Waals surface area contributed by atoms with Crippen molar-refractivity contribution in [2.75, 3.05) is 6.61 Å². The lowest BCUT2D eigenvalue weighted by Crippen LogP contribution is -2.20. The molecule has 0 radical (unpaired) electrons. The van der Waals surface area contributed by atoms with Gasteiger partial charge in [0, 0.05) is 0 Å². The minimum atomic E-state index is -0.621. The summed E-state index contributed by atoms with van der Waals surface area (Å²) in [6.07, 6.45) is 2.94. The summed E-state index contributed by atoms with van der Waals surface area (Å²) in [6, 6.07) is 12.3. The third-order valence-electron chi connectivity index (χ3n) is 2.82. The molecule has 0 saturated heterocycles. The Morgan fingerprint density at radius 3 is 2.45 bits per heavy atom. The number of allylic oxidation sites excluding steroid dienone is 1. The smallest absolute Gasteiger partial charge is 0.255 e. The third kappa shape index (κ3) is 4.28. The predicted molar refractivity (Wildman–Crippen MR) is 80.9 cm³/mol. The number of nitrogens with two attached hydrogens (primary N) is 1. The van der Waals surface area contributed by atoms with Crippen molar-refractivity contribution < 1.29 is 18.7 Å². The Labute approximate surface area is 127 Å². The molecule has 0 saturated carbocycles. The molecule has 0 fully saturated rings. The fourth-order valence-corrected chi connectivity index (χ4v) is 1.78. The van der Waals surface area contributed by atoms with Crippen LogP contribution in [0.1, 0.15) is 15.9 Å². The van der Waals surface area contributed by atoms with Gasteiger partial charge in [0.2, 0.25) is 0 Å². The second-order valence-corrected chi connectivity index (χ2v) is 4.50. The number of para-hydroxylation sites is 1. The van der Waals surface area contributed by atoms with Crippen molar-refractivity contribution in [2.24, 2.45) is 5.73 Å². The highest BCUT2D eigenvalue weighted by Crippen LogP contribution is 2.19. The summed E-state index contributed by atoms with van der Waals surface area (Å²) in [6.45, 7) is -0.300. The van der Waals surface area contributed by atoms with Crippen molar-refractivity contribution in [1.29, 1.82) is 0 Å². The molecule has 0 bridgehead atoms. The summed E-state index contributed by atoms with van der Waals surface area (Å²) in [7, 11) is 0. The Morgan fingerprint density at radius 1 is 1.09 bits per heavy atom. The van der Waals surface area contributed by atoms with Crippen LogP contribution >= 0.6 is 0 Å². The van der Waals surface area contributed by atoms with Gasteiger partial charge in [-0.2, -0.15) is 0 Å². The van der Waals surface area contributed by atoms with Crippen LogP contribution in [-0.4, -0.2) is 18.3 Å². The van der Waals surface area contributed by atoms with E-state index in [0.29, 0.717) is 11.1 Å². The van der Waals surface area contributed by atoms with Gasteiger partial charge in [-0.15, -0.1) is 0 Å². The van der Waals surface area contributed by atoms with Crippen LogP contribution in [0.2, 0.25) is 0 Å². The number of ketones is 1. The van der Waals surface area contributed by atoms with E-state index in [-0.39, 0.29) is 24.0 Å². The van der Waals surface area contributed by atoms with Gasteiger partial charge in [0.1, 0.15) is 11.6 Å². The van der Waals surface area contributed by atoms with Crippen LogP contribution in [0.5, 0.6) is 5.75 Å². The third-order valence-corrected chi connectivity index (χ3v) is 2.82. The van der Waals surface area contributed by atoms with Gasteiger partial charge in [0.15, 0.2) is 12.4 Å². The first kappa shape index (κ1) is 15.4. The van der Waals surface area contributed by atoms with Gasteiger partial charge in [0.25, 0.3) is 5.91 Å². The number of carbonyl (C=O) groups is 2. The lowest BCUT2D eigenvalue weighted by atomic mass is 10.1. The van der Waals surface area contributed by atoms with E-state index in [1.807, 2.05) is 0 Å². The number of benzene rings is 2. The number of amides is 1. The van der Waals surface area contributed by atoms with Gasteiger partial charge in [-0.25, -0.2) is 4.39 Å². The SMILES string of the molecule is NC(=O)COc1ccccc1C(=O)/C=C/c1ccc(F)cc1. The highest BCUT2D eigenvalue weighted by atomic mass is 19.1. The summed E-state index contributed by atoms with van der Waals surface area (Å²) in [4.78, 5) is 23.0. The molecule has 2 aromatic carbocycles. The van der Waals surface area contributed by atoms with Crippen LogP contribution in [0.25, 0.3) is 6.08 Å². The van der Waals surface area contributed by atoms with E-state index in [9.17, 15) is 14.0 Å². The zero-order valence-electron chi connectivity index (χ0n) is 11.7. The molecule has 0 heterocycles. The van der Waals surface area contributed by atoms with Crippen molar-refractivity contribution in [1.82, 2.24) is 0 Å². The maximum absolute atomic E-state index is 12.8. The lowest BCUT2D eigenvalue weighted by Gasteiger charge is -2.07. The first-order valence-electron chi connectivity index (χ1n) is 6.54. The highest BCUT2D eigenvalue weighted by Gasteiger charge is 2.10. The van der Waals surface area contributed by atoms with E-state index in [4.69, 9.17) is 10.5 Å². The van der Waals surface area contributed by atoms with Crippen molar-refractivity contribution in [2.45, 2.75) is 0 Å². The number of rotatable bonds is 6. The summed E-state index contributed by atoms with van der Waals surface area (Å²) >= 11 is 0. The van der Waals surface area contributed by atoms with Crippen molar-refractivity contribution >= 4 is 17.8 Å². The number of carbonyl (C=O) groups excluding carboxylic acids is 2. The molecule has 0 aliphatic heterocycles. The van der Waals surface area contributed by atoms with E-state index in [0.717, 1.165) is 0 Å².